The number of amides is 1. The lowest BCUT2D eigenvalue weighted by Crippen LogP contribution is -2.26. The van der Waals surface area contributed by atoms with Gasteiger partial charge in [0.1, 0.15) is 5.75 Å². The number of aliphatic hydroxyl groups excluding tert-OH is 1. The Morgan fingerprint density at radius 2 is 1.96 bits per heavy atom. The van der Waals surface area contributed by atoms with Gasteiger partial charge >= 0.3 is 0 Å². The molecule has 2 aromatic rings. The zero-order valence-electron chi connectivity index (χ0n) is 13.9. The molecule has 0 saturated carbocycles. The third-order valence-corrected chi connectivity index (χ3v) is 3.52. The van der Waals surface area contributed by atoms with E-state index in [-0.39, 0.29) is 19.1 Å². The van der Waals surface area contributed by atoms with E-state index in [9.17, 15) is 4.79 Å². The fourth-order valence-corrected chi connectivity index (χ4v) is 2.25. The molecule has 0 radical (unpaired) electrons. The topological polar surface area (TPSA) is 70.6 Å². The number of ether oxygens (including phenoxy) is 1. The average molecular weight is 328 g/mol. The monoisotopic (exact) mass is 328 g/mol. The summed E-state index contributed by atoms with van der Waals surface area (Å²) in [4.78, 5) is 11.9. The van der Waals surface area contributed by atoms with Crippen LogP contribution in [-0.4, -0.2) is 37.3 Å². The molecule has 1 amide bonds. The number of anilines is 1. The van der Waals surface area contributed by atoms with E-state index in [1.807, 2.05) is 43.3 Å². The third kappa shape index (κ3) is 5.59. The smallest absolute Gasteiger partial charge is 0.251 e. The normalized spacial score (nSPS) is 10.2. The number of carbonyl (C=O) groups excluding carboxylic acids is 1. The van der Waals surface area contributed by atoms with Crippen LogP contribution >= 0.6 is 0 Å². The molecular weight excluding hydrogens is 304 g/mol. The Kier molecular flexibility index (Phi) is 7.11. The standard InChI is InChI=1S/C19H24N2O3/c1-15-6-2-3-9-18(15)24-13-5-10-20-17-8-4-7-16(14-17)19(23)21-11-12-22/h2-4,6-9,14,20,22H,5,10-13H2,1H3,(H,21,23). The van der Waals surface area contributed by atoms with Crippen molar-refractivity contribution < 1.29 is 14.6 Å². The summed E-state index contributed by atoms with van der Waals surface area (Å²) in [6, 6.07) is 15.3. The summed E-state index contributed by atoms with van der Waals surface area (Å²) < 4.78 is 5.75. The highest BCUT2D eigenvalue weighted by Crippen LogP contribution is 2.16. The van der Waals surface area contributed by atoms with Crippen LogP contribution in [0.5, 0.6) is 5.75 Å². The van der Waals surface area contributed by atoms with Gasteiger partial charge in [-0.15, -0.1) is 0 Å². The molecule has 0 aromatic heterocycles. The van der Waals surface area contributed by atoms with Crippen molar-refractivity contribution in [3.05, 3.63) is 59.7 Å². The molecule has 3 N–H and O–H groups in total. The number of aryl methyl sites for hydroxylation is 1. The van der Waals surface area contributed by atoms with Gasteiger partial charge in [0, 0.05) is 24.3 Å². The molecule has 5 heteroatoms. The summed E-state index contributed by atoms with van der Waals surface area (Å²) in [5, 5.41) is 14.7. The molecule has 0 heterocycles. The fraction of sp³-hybridized carbons (Fsp3) is 0.316. The first-order valence-electron chi connectivity index (χ1n) is 8.12. The zero-order valence-corrected chi connectivity index (χ0v) is 13.9. The Labute approximate surface area is 142 Å². The van der Waals surface area contributed by atoms with Gasteiger partial charge < -0.3 is 20.5 Å². The highest BCUT2D eigenvalue weighted by atomic mass is 16.5. The maximum absolute atomic E-state index is 11.9. The van der Waals surface area contributed by atoms with E-state index in [2.05, 4.69) is 10.6 Å². The number of carbonyl (C=O) groups is 1. The Bertz CT molecular complexity index is 659. The van der Waals surface area contributed by atoms with Crippen molar-refractivity contribution >= 4 is 11.6 Å². The Morgan fingerprint density at radius 1 is 1.12 bits per heavy atom. The lowest BCUT2D eigenvalue weighted by Gasteiger charge is -2.11. The van der Waals surface area contributed by atoms with E-state index in [0.29, 0.717) is 12.2 Å². The predicted molar refractivity (Wildman–Crippen MR) is 95.6 cm³/mol. The molecule has 5 nitrogen and oxygen atoms in total. The number of hydrogen-bond acceptors (Lipinski definition) is 4. The van der Waals surface area contributed by atoms with Crippen LogP contribution in [0.4, 0.5) is 5.69 Å². The first kappa shape index (κ1) is 17.8. The second-order valence-corrected chi connectivity index (χ2v) is 5.45. The molecule has 2 rings (SSSR count). The molecule has 0 atom stereocenters. The molecule has 0 fully saturated rings. The second-order valence-electron chi connectivity index (χ2n) is 5.45. The van der Waals surface area contributed by atoms with Crippen molar-refractivity contribution in [1.29, 1.82) is 0 Å². The van der Waals surface area contributed by atoms with Gasteiger partial charge in [-0.3, -0.25) is 4.79 Å². The largest absolute Gasteiger partial charge is 0.493 e. The van der Waals surface area contributed by atoms with Crippen molar-refractivity contribution in [3.8, 4) is 5.75 Å². The van der Waals surface area contributed by atoms with Crippen LogP contribution in [0.15, 0.2) is 48.5 Å². The lowest BCUT2D eigenvalue weighted by molar-refractivity contribution is 0.0945. The van der Waals surface area contributed by atoms with Crippen LogP contribution in [0.1, 0.15) is 22.3 Å². The van der Waals surface area contributed by atoms with E-state index in [0.717, 1.165) is 30.0 Å². The molecule has 2 aromatic carbocycles. The van der Waals surface area contributed by atoms with Crippen LogP contribution in [0.25, 0.3) is 0 Å². The minimum absolute atomic E-state index is 0.0649. The molecule has 0 unspecified atom stereocenters. The molecule has 24 heavy (non-hydrogen) atoms. The molecule has 0 aliphatic rings. The molecule has 0 aliphatic heterocycles. The van der Waals surface area contributed by atoms with Crippen molar-refractivity contribution in [3.63, 3.8) is 0 Å². The van der Waals surface area contributed by atoms with Gasteiger partial charge in [0.25, 0.3) is 5.91 Å². The summed E-state index contributed by atoms with van der Waals surface area (Å²) >= 11 is 0. The summed E-state index contributed by atoms with van der Waals surface area (Å²) in [5.41, 5.74) is 2.60. The average Bonchev–Trinajstić information content (AvgIpc) is 2.61. The first-order valence-corrected chi connectivity index (χ1v) is 8.12. The van der Waals surface area contributed by atoms with Crippen LogP contribution in [0, 0.1) is 6.92 Å². The van der Waals surface area contributed by atoms with Crippen molar-refractivity contribution in [2.75, 3.05) is 31.6 Å². The van der Waals surface area contributed by atoms with Crippen LogP contribution < -0.4 is 15.4 Å². The highest BCUT2D eigenvalue weighted by Gasteiger charge is 2.05. The lowest BCUT2D eigenvalue weighted by atomic mass is 10.2. The van der Waals surface area contributed by atoms with Gasteiger partial charge in [-0.1, -0.05) is 24.3 Å². The Hall–Kier alpha value is -2.53. The van der Waals surface area contributed by atoms with E-state index < -0.39 is 0 Å². The molecular formula is C19H24N2O3. The number of benzene rings is 2. The molecule has 128 valence electrons. The van der Waals surface area contributed by atoms with Crippen molar-refractivity contribution in [2.24, 2.45) is 0 Å². The minimum atomic E-state index is -0.185. The molecule has 0 bridgehead atoms. The van der Waals surface area contributed by atoms with E-state index in [4.69, 9.17) is 9.84 Å². The minimum Gasteiger partial charge on any atom is -0.493 e. The summed E-state index contributed by atoms with van der Waals surface area (Å²) in [7, 11) is 0. The van der Waals surface area contributed by atoms with Gasteiger partial charge in [0.2, 0.25) is 0 Å². The number of hydrogen-bond donors (Lipinski definition) is 3. The maximum atomic E-state index is 11.9. The third-order valence-electron chi connectivity index (χ3n) is 3.52. The Morgan fingerprint density at radius 3 is 2.75 bits per heavy atom. The molecule has 0 saturated heterocycles. The van der Waals surface area contributed by atoms with Gasteiger partial charge in [-0.2, -0.15) is 0 Å². The van der Waals surface area contributed by atoms with Crippen molar-refractivity contribution in [2.45, 2.75) is 13.3 Å². The SMILES string of the molecule is Cc1ccccc1OCCCNc1cccc(C(=O)NCCO)c1. The van der Waals surface area contributed by atoms with Gasteiger partial charge in [-0.05, 0) is 43.2 Å². The highest BCUT2D eigenvalue weighted by molar-refractivity contribution is 5.95. The maximum Gasteiger partial charge on any atom is 0.251 e. The van der Waals surface area contributed by atoms with Gasteiger partial charge in [-0.25, -0.2) is 0 Å². The van der Waals surface area contributed by atoms with Crippen LogP contribution in [0.3, 0.4) is 0 Å². The van der Waals surface area contributed by atoms with Gasteiger partial charge in [0.15, 0.2) is 0 Å². The number of para-hydroxylation sites is 1. The predicted octanol–water partition coefficient (Wildman–Crippen LogP) is 2.60. The number of aliphatic hydroxyl groups is 1. The quantitative estimate of drug-likeness (QED) is 0.619. The Balaban J connectivity index is 1.74. The molecule has 0 spiro atoms. The zero-order chi connectivity index (χ0) is 17.2. The summed E-state index contributed by atoms with van der Waals surface area (Å²) in [6.07, 6.45) is 0.856. The van der Waals surface area contributed by atoms with Crippen LogP contribution in [0.2, 0.25) is 0 Å². The number of rotatable bonds is 9. The van der Waals surface area contributed by atoms with Crippen LogP contribution in [-0.2, 0) is 0 Å². The van der Waals surface area contributed by atoms with E-state index >= 15 is 0 Å². The summed E-state index contributed by atoms with van der Waals surface area (Å²) in [5.74, 6) is 0.732. The van der Waals surface area contributed by atoms with Crippen molar-refractivity contribution in [1.82, 2.24) is 5.32 Å². The summed E-state index contributed by atoms with van der Waals surface area (Å²) in [6.45, 7) is 3.61. The van der Waals surface area contributed by atoms with E-state index in [1.165, 1.54) is 0 Å². The van der Waals surface area contributed by atoms with E-state index in [1.54, 1.807) is 12.1 Å². The number of nitrogens with one attached hydrogen (secondary N) is 2. The fourth-order valence-electron chi connectivity index (χ4n) is 2.25. The first-order chi connectivity index (χ1) is 11.7. The molecule has 0 aliphatic carbocycles. The van der Waals surface area contributed by atoms with Gasteiger partial charge in [0.05, 0.1) is 13.2 Å². The second kappa shape index (κ2) is 9.57.